The number of carbonyl (C=O) groups is 2. The van der Waals surface area contributed by atoms with Gasteiger partial charge in [0, 0.05) is 17.8 Å². The van der Waals surface area contributed by atoms with Crippen LogP contribution in [0.15, 0.2) is 66.9 Å². The Morgan fingerprint density at radius 1 is 1.06 bits per heavy atom. The van der Waals surface area contributed by atoms with Gasteiger partial charge in [0.25, 0.3) is 5.91 Å². The Morgan fingerprint density at radius 3 is 2.50 bits per heavy atom. The summed E-state index contributed by atoms with van der Waals surface area (Å²) in [4.78, 5) is 25.2. The van der Waals surface area contributed by atoms with Crippen molar-refractivity contribution in [3.05, 3.63) is 88.6 Å². The van der Waals surface area contributed by atoms with Crippen LogP contribution in [0.1, 0.15) is 55.1 Å². The maximum absolute atomic E-state index is 13.2. The van der Waals surface area contributed by atoms with Crippen molar-refractivity contribution in [3.8, 4) is 5.69 Å². The van der Waals surface area contributed by atoms with Crippen molar-refractivity contribution >= 4 is 40.0 Å². The molecule has 184 valence electrons. The van der Waals surface area contributed by atoms with Gasteiger partial charge in [-0.2, -0.15) is 5.10 Å². The lowest BCUT2D eigenvalue weighted by Crippen LogP contribution is -2.24. The third-order valence-corrected chi connectivity index (χ3v) is 6.86. The van der Waals surface area contributed by atoms with Crippen molar-refractivity contribution in [2.45, 2.75) is 45.6 Å². The normalized spacial score (nSPS) is 13.6. The number of nitrogens with one attached hydrogen (secondary N) is 2. The molecule has 1 fully saturated rings. The molecule has 0 aliphatic heterocycles. The number of hydrogen-bond acceptors (Lipinski definition) is 3. The number of anilines is 1. The number of benzene rings is 3. The fraction of sp³-hybridized carbons (Fsp3) is 0.276. The molecule has 0 saturated heterocycles. The van der Waals surface area contributed by atoms with Crippen molar-refractivity contribution in [2.24, 2.45) is 5.92 Å². The summed E-state index contributed by atoms with van der Waals surface area (Å²) in [6.45, 7) is 6.93. The van der Waals surface area contributed by atoms with E-state index in [1.807, 2.05) is 28.9 Å². The van der Waals surface area contributed by atoms with Gasteiger partial charge >= 0.3 is 0 Å². The van der Waals surface area contributed by atoms with E-state index < -0.39 is 0 Å². The lowest BCUT2D eigenvalue weighted by molar-refractivity contribution is -0.122. The van der Waals surface area contributed by atoms with Crippen LogP contribution in [-0.4, -0.2) is 21.6 Å². The molecular formula is C29H29ClN4O2. The third kappa shape index (κ3) is 5.00. The first kappa shape index (κ1) is 24.1. The molecule has 0 bridgehead atoms. The Balaban J connectivity index is 1.37. The smallest absolute Gasteiger partial charge is 0.257 e. The zero-order chi connectivity index (χ0) is 25.4. The second-order valence-corrected chi connectivity index (χ2v) is 10.8. The van der Waals surface area contributed by atoms with E-state index in [0.717, 1.165) is 35.0 Å². The topological polar surface area (TPSA) is 76.0 Å². The van der Waals surface area contributed by atoms with Crippen molar-refractivity contribution in [2.75, 3.05) is 5.32 Å². The first-order valence-corrected chi connectivity index (χ1v) is 12.5. The highest BCUT2D eigenvalue weighted by atomic mass is 35.5. The van der Waals surface area contributed by atoms with Crippen molar-refractivity contribution < 1.29 is 9.59 Å². The zero-order valence-corrected chi connectivity index (χ0v) is 21.4. The van der Waals surface area contributed by atoms with E-state index in [9.17, 15) is 9.59 Å². The van der Waals surface area contributed by atoms with Crippen LogP contribution >= 0.6 is 11.6 Å². The fourth-order valence-electron chi connectivity index (χ4n) is 4.19. The molecule has 0 atom stereocenters. The summed E-state index contributed by atoms with van der Waals surface area (Å²) < 4.78 is 1.87. The lowest BCUT2D eigenvalue weighted by Gasteiger charge is -2.19. The monoisotopic (exact) mass is 500 g/mol. The van der Waals surface area contributed by atoms with E-state index >= 15 is 0 Å². The minimum Gasteiger partial charge on any atom is -0.352 e. The first-order valence-electron chi connectivity index (χ1n) is 12.2. The molecule has 6 nitrogen and oxygen atoms in total. The largest absolute Gasteiger partial charge is 0.352 e. The van der Waals surface area contributed by atoms with Gasteiger partial charge in [-0.1, -0.05) is 56.6 Å². The molecule has 1 aliphatic carbocycles. The number of carbonyl (C=O) groups excluding carboxylic acids is 2. The third-order valence-electron chi connectivity index (χ3n) is 6.53. The molecule has 1 saturated carbocycles. The van der Waals surface area contributed by atoms with Gasteiger partial charge in [-0.25, -0.2) is 4.68 Å². The molecule has 1 heterocycles. The number of amides is 2. The Morgan fingerprint density at radius 2 is 1.81 bits per heavy atom. The summed E-state index contributed by atoms with van der Waals surface area (Å²) in [5.41, 5.74) is 4.99. The maximum Gasteiger partial charge on any atom is 0.257 e. The highest BCUT2D eigenvalue weighted by Gasteiger charge is 2.29. The van der Waals surface area contributed by atoms with Crippen LogP contribution in [0, 0.1) is 5.92 Å². The Bertz CT molecular complexity index is 1450. The van der Waals surface area contributed by atoms with E-state index in [4.69, 9.17) is 11.6 Å². The molecule has 0 unspecified atom stereocenters. The van der Waals surface area contributed by atoms with E-state index in [2.05, 4.69) is 60.8 Å². The predicted molar refractivity (Wildman–Crippen MR) is 144 cm³/mol. The van der Waals surface area contributed by atoms with Gasteiger partial charge < -0.3 is 10.6 Å². The van der Waals surface area contributed by atoms with Gasteiger partial charge in [-0.3, -0.25) is 9.59 Å². The molecule has 0 spiro atoms. The van der Waals surface area contributed by atoms with Gasteiger partial charge in [0.05, 0.1) is 33.7 Å². The van der Waals surface area contributed by atoms with Crippen LogP contribution in [-0.2, 0) is 16.8 Å². The van der Waals surface area contributed by atoms with Crippen LogP contribution in [0.3, 0.4) is 0 Å². The molecule has 2 N–H and O–H groups in total. The van der Waals surface area contributed by atoms with Gasteiger partial charge in [0.15, 0.2) is 0 Å². The molecular weight excluding hydrogens is 472 g/mol. The minimum atomic E-state index is -0.315. The SMILES string of the molecule is CC(C)(C)c1ccc(-n2ncc3c(NC(=O)c4cc(CNC(=O)C5CC5)ccc4Cl)cccc32)cc1. The molecule has 0 radical (unpaired) electrons. The van der Waals surface area contributed by atoms with E-state index in [0.29, 0.717) is 22.8 Å². The van der Waals surface area contributed by atoms with E-state index in [1.54, 1.807) is 18.3 Å². The van der Waals surface area contributed by atoms with Crippen LogP contribution in [0.25, 0.3) is 16.6 Å². The second-order valence-electron chi connectivity index (χ2n) is 10.4. The number of aromatic nitrogens is 2. The highest BCUT2D eigenvalue weighted by Crippen LogP contribution is 2.30. The van der Waals surface area contributed by atoms with Crippen LogP contribution in [0.5, 0.6) is 0 Å². The average molecular weight is 501 g/mol. The summed E-state index contributed by atoms with van der Waals surface area (Å²) in [5.74, 6) is -0.115. The van der Waals surface area contributed by atoms with Crippen LogP contribution in [0.2, 0.25) is 5.02 Å². The van der Waals surface area contributed by atoms with Gasteiger partial charge in [-0.15, -0.1) is 0 Å². The Labute approximate surface area is 215 Å². The summed E-state index contributed by atoms with van der Waals surface area (Å²) >= 11 is 6.36. The minimum absolute atomic E-state index is 0.0627. The van der Waals surface area contributed by atoms with Gasteiger partial charge in [0.2, 0.25) is 5.91 Å². The van der Waals surface area contributed by atoms with Crippen molar-refractivity contribution in [1.29, 1.82) is 0 Å². The number of fused-ring (bicyclic) bond motifs is 1. The standard InChI is InChI=1S/C29H29ClN4O2/c1-29(2,3)20-10-12-21(13-11-20)34-26-6-4-5-25(23(26)17-32-34)33-28(36)22-15-18(7-14-24(22)30)16-31-27(35)19-8-9-19/h4-7,10-15,17,19H,8-9,16H2,1-3H3,(H,31,35)(H,33,36). The summed E-state index contributed by atoms with van der Waals surface area (Å²) in [7, 11) is 0. The summed E-state index contributed by atoms with van der Waals surface area (Å²) in [6.07, 6.45) is 3.66. The molecule has 2 amide bonds. The second kappa shape index (κ2) is 9.43. The van der Waals surface area contributed by atoms with Crippen molar-refractivity contribution in [3.63, 3.8) is 0 Å². The number of hydrogen-bond donors (Lipinski definition) is 2. The predicted octanol–water partition coefficient (Wildman–Crippen LogP) is 6.25. The Kier molecular flexibility index (Phi) is 6.31. The molecule has 1 aliphatic rings. The number of halogens is 1. The van der Waals surface area contributed by atoms with Gasteiger partial charge in [0.1, 0.15) is 0 Å². The molecule has 3 aromatic carbocycles. The lowest BCUT2D eigenvalue weighted by atomic mass is 9.87. The summed E-state index contributed by atoms with van der Waals surface area (Å²) in [5, 5.41) is 11.7. The van der Waals surface area contributed by atoms with Crippen molar-refractivity contribution in [1.82, 2.24) is 15.1 Å². The Hall–Kier alpha value is -3.64. The van der Waals surface area contributed by atoms with E-state index in [-0.39, 0.29) is 23.1 Å². The molecule has 7 heteroatoms. The molecule has 4 aromatic rings. The number of rotatable bonds is 6. The summed E-state index contributed by atoms with van der Waals surface area (Å²) in [6, 6.07) is 19.3. The molecule has 36 heavy (non-hydrogen) atoms. The number of nitrogens with zero attached hydrogens (tertiary/aromatic N) is 2. The maximum atomic E-state index is 13.2. The van der Waals surface area contributed by atoms with Gasteiger partial charge in [-0.05, 0) is 65.8 Å². The average Bonchev–Trinajstić information content (AvgIpc) is 3.62. The van der Waals surface area contributed by atoms with Crippen LogP contribution in [0.4, 0.5) is 5.69 Å². The quantitative estimate of drug-likeness (QED) is 0.328. The van der Waals surface area contributed by atoms with Crippen LogP contribution < -0.4 is 10.6 Å². The zero-order valence-electron chi connectivity index (χ0n) is 20.6. The highest BCUT2D eigenvalue weighted by molar-refractivity contribution is 6.34. The molecule has 1 aromatic heterocycles. The molecule has 5 rings (SSSR count). The van der Waals surface area contributed by atoms with E-state index in [1.165, 1.54) is 5.56 Å². The fourth-order valence-corrected chi connectivity index (χ4v) is 4.40. The first-order chi connectivity index (χ1) is 17.2.